The summed E-state index contributed by atoms with van der Waals surface area (Å²) in [4.78, 5) is 25.4. The van der Waals surface area contributed by atoms with Crippen LogP contribution in [0.3, 0.4) is 0 Å². The molecule has 6 nitrogen and oxygen atoms in total. The third-order valence-corrected chi connectivity index (χ3v) is 4.91. The van der Waals surface area contributed by atoms with Crippen molar-refractivity contribution in [3.05, 3.63) is 64.1 Å². The number of hydrogen-bond donors (Lipinski definition) is 1. The summed E-state index contributed by atoms with van der Waals surface area (Å²) < 4.78 is 13.0. The number of carbonyl (C=O) groups is 1. The van der Waals surface area contributed by atoms with Crippen LogP contribution in [0.2, 0.25) is 0 Å². The Balaban J connectivity index is 2.06. The minimum Gasteiger partial charge on any atom is -0.483 e. The molecule has 3 rings (SSSR count). The van der Waals surface area contributed by atoms with E-state index in [0.29, 0.717) is 25.9 Å². The zero-order chi connectivity index (χ0) is 19.3. The Hall–Kier alpha value is -2.44. The smallest absolute Gasteiger partial charge is 0.224 e. The van der Waals surface area contributed by atoms with Crippen molar-refractivity contribution in [1.82, 2.24) is 4.57 Å². The van der Waals surface area contributed by atoms with E-state index in [1.807, 2.05) is 37.3 Å². The van der Waals surface area contributed by atoms with E-state index < -0.39 is 5.54 Å². The minimum absolute atomic E-state index is 0.0412. The van der Waals surface area contributed by atoms with Gasteiger partial charge in [-0.25, -0.2) is 0 Å². The van der Waals surface area contributed by atoms with Gasteiger partial charge in [0.1, 0.15) is 12.3 Å². The molecule has 27 heavy (non-hydrogen) atoms. The molecule has 1 unspecified atom stereocenters. The summed E-state index contributed by atoms with van der Waals surface area (Å²) in [6.45, 7) is 2.70. The number of aliphatic hydroxyl groups is 1. The molecule has 2 heterocycles. The third-order valence-electron chi connectivity index (χ3n) is 4.91. The van der Waals surface area contributed by atoms with Crippen LogP contribution in [0.1, 0.15) is 42.2 Å². The fourth-order valence-corrected chi connectivity index (χ4v) is 3.38. The normalized spacial score (nSPS) is 19.2. The van der Waals surface area contributed by atoms with Crippen molar-refractivity contribution in [3.63, 3.8) is 0 Å². The number of carbonyl (C=O) groups excluding carboxylic acids is 1. The predicted octanol–water partition coefficient (Wildman–Crippen LogP) is 2.52. The number of hydrogen-bond acceptors (Lipinski definition) is 5. The van der Waals surface area contributed by atoms with Crippen LogP contribution in [0.4, 0.5) is 0 Å². The Morgan fingerprint density at radius 1 is 1.30 bits per heavy atom. The Bertz CT molecular complexity index is 837. The maximum Gasteiger partial charge on any atom is 0.224 e. The molecule has 0 spiro atoms. The van der Waals surface area contributed by atoms with Crippen LogP contribution in [-0.2, 0) is 16.9 Å². The van der Waals surface area contributed by atoms with E-state index in [9.17, 15) is 14.7 Å². The fraction of sp³-hybridized carbons (Fsp3) is 0.429. The Kier molecular flexibility index (Phi) is 6.08. The van der Waals surface area contributed by atoms with E-state index in [0.717, 1.165) is 5.56 Å². The monoisotopic (exact) mass is 371 g/mol. The number of pyridine rings is 1. The minimum atomic E-state index is -0.753. The third kappa shape index (κ3) is 3.96. The van der Waals surface area contributed by atoms with Crippen LogP contribution >= 0.6 is 0 Å². The molecule has 144 valence electrons. The predicted molar refractivity (Wildman–Crippen MR) is 101 cm³/mol. The van der Waals surface area contributed by atoms with Crippen LogP contribution in [0, 0.1) is 0 Å². The molecule has 1 N–H and O–H groups in total. The Morgan fingerprint density at radius 2 is 2.07 bits per heavy atom. The standard InChI is InChI=1S/C21H25NO5/c1-2-6-17(24)19-20(27-13-16-7-4-3-5-8-16)18(25)9-11-22(19)21(14-23)10-12-26-15-21/h3-5,7-9,11,23H,2,6,10,12-15H2,1H3. The fourth-order valence-electron chi connectivity index (χ4n) is 3.38. The van der Waals surface area contributed by atoms with Gasteiger partial charge in [-0.3, -0.25) is 9.59 Å². The van der Waals surface area contributed by atoms with Gasteiger partial charge in [-0.1, -0.05) is 37.3 Å². The zero-order valence-electron chi connectivity index (χ0n) is 15.5. The number of Topliss-reactive ketones (excluding diaryl/α,β-unsaturated/α-hetero) is 1. The van der Waals surface area contributed by atoms with Crippen molar-refractivity contribution in [1.29, 1.82) is 0 Å². The van der Waals surface area contributed by atoms with Gasteiger partial charge in [-0.2, -0.15) is 0 Å². The van der Waals surface area contributed by atoms with Gasteiger partial charge in [0.05, 0.1) is 18.8 Å². The molecule has 1 atom stereocenters. The molecule has 1 fully saturated rings. The van der Waals surface area contributed by atoms with Crippen molar-refractivity contribution in [2.24, 2.45) is 0 Å². The maximum atomic E-state index is 12.9. The van der Waals surface area contributed by atoms with Gasteiger partial charge in [-0.15, -0.1) is 0 Å². The van der Waals surface area contributed by atoms with Crippen LogP contribution in [0.15, 0.2) is 47.4 Å². The van der Waals surface area contributed by atoms with Crippen LogP contribution in [0.25, 0.3) is 0 Å². The van der Waals surface area contributed by atoms with E-state index in [4.69, 9.17) is 9.47 Å². The number of aromatic nitrogens is 1. The number of ketones is 1. The van der Waals surface area contributed by atoms with Crippen molar-refractivity contribution >= 4 is 5.78 Å². The molecular weight excluding hydrogens is 346 g/mol. The second-order valence-corrected chi connectivity index (χ2v) is 6.86. The molecule has 1 aromatic heterocycles. The number of aliphatic hydroxyl groups excluding tert-OH is 1. The lowest BCUT2D eigenvalue weighted by Crippen LogP contribution is -2.41. The summed E-state index contributed by atoms with van der Waals surface area (Å²) in [5.41, 5.74) is 0.0350. The topological polar surface area (TPSA) is 77.8 Å². The lowest BCUT2D eigenvalue weighted by Gasteiger charge is -2.31. The molecule has 1 saturated heterocycles. The molecule has 1 aromatic carbocycles. The number of nitrogens with zero attached hydrogens (tertiary/aromatic N) is 1. The largest absolute Gasteiger partial charge is 0.483 e. The Morgan fingerprint density at radius 3 is 2.70 bits per heavy atom. The van der Waals surface area contributed by atoms with E-state index in [2.05, 4.69) is 0 Å². The number of rotatable bonds is 8. The van der Waals surface area contributed by atoms with Crippen molar-refractivity contribution in [2.75, 3.05) is 19.8 Å². The number of benzene rings is 1. The summed E-state index contributed by atoms with van der Waals surface area (Å²) in [5.74, 6) is -0.127. The molecule has 2 aromatic rings. The van der Waals surface area contributed by atoms with Gasteiger partial charge >= 0.3 is 0 Å². The zero-order valence-corrected chi connectivity index (χ0v) is 15.5. The lowest BCUT2D eigenvalue weighted by molar-refractivity contribution is 0.0858. The first kappa shape index (κ1) is 19.3. The van der Waals surface area contributed by atoms with Crippen LogP contribution < -0.4 is 10.2 Å². The summed E-state index contributed by atoms with van der Waals surface area (Å²) in [5, 5.41) is 10.0. The van der Waals surface area contributed by atoms with Gasteiger partial charge < -0.3 is 19.1 Å². The summed E-state index contributed by atoms with van der Waals surface area (Å²) in [6.07, 6.45) is 3.10. The first-order chi connectivity index (χ1) is 13.1. The molecule has 1 aliphatic rings. The second-order valence-electron chi connectivity index (χ2n) is 6.86. The number of ether oxygens (including phenoxy) is 2. The van der Waals surface area contributed by atoms with Crippen molar-refractivity contribution in [2.45, 2.75) is 38.3 Å². The molecule has 0 radical (unpaired) electrons. The van der Waals surface area contributed by atoms with E-state index in [1.54, 1.807) is 10.8 Å². The van der Waals surface area contributed by atoms with Crippen LogP contribution in [0.5, 0.6) is 5.75 Å². The van der Waals surface area contributed by atoms with E-state index >= 15 is 0 Å². The van der Waals surface area contributed by atoms with E-state index in [-0.39, 0.29) is 42.5 Å². The van der Waals surface area contributed by atoms with Gasteiger partial charge in [0.15, 0.2) is 11.5 Å². The second kappa shape index (κ2) is 8.50. The first-order valence-electron chi connectivity index (χ1n) is 9.26. The quantitative estimate of drug-likeness (QED) is 0.722. The van der Waals surface area contributed by atoms with Crippen molar-refractivity contribution < 1.29 is 19.4 Å². The van der Waals surface area contributed by atoms with Gasteiger partial charge in [0, 0.05) is 25.3 Å². The average molecular weight is 371 g/mol. The maximum absolute atomic E-state index is 12.9. The molecule has 0 amide bonds. The molecule has 0 aliphatic carbocycles. The van der Waals surface area contributed by atoms with E-state index in [1.165, 1.54) is 6.07 Å². The highest BCUT2D eigenvalue weighted by Crippen LogP contribution is 2.31. The summed E-state index contributed by atoms with van der Waals surface area (Å²) in [7, 11) is 0. The summed E-state index contributed by atoms with van der Waals surface area (Å²) in [6, 6.07) is 10.9. The molecular formula is C21H25NO5. The van der Waals surface area contributed by atoms with Crippen molar-refractivity contribution in [3.8, 4) is 5.75 Å². The molecule has 0 bridgehead atoms. The highest BCUT2D eigenvalue weighted by atomic mass is 16.5. The highest BCUT2D eigenvalue weighted by Gasteiger charge is 2.39. The average Bonchev–Trinajstić information content (AvgIpc) is 3.18. The van der Waals surface area contributed by atoms with Gasteiger partial charge in [0.2, 0.25) is 5.43 Å². The SMILES string of the molecule is CCCC(=O)c1c(OCc2ccccc2)c(=O)ccn1C1(CO)CCOC1. The Labute approximate surface area is 158 Å². The molecule has 6 heteroatoms. The van der Waals surface area contributed by atoms with Crippen LogP contribution in [-0.4, -0.2) is 35.3 Å². The lowest BCUT2D eigenvalue weighted by atomic mass is 9.97. The summed E-state index contributed by atoms with van der Waals surface area (Å²) >= 11 is 0. The molecule has 1 aliphatic heterocycles. The van der Waals surface area contributed by atoms with Gasteiger partial charge in [-0.05, 0) is 18.4 Å². The highest BCUT2D eigenvalue weighted by molar-refractivity contribution is 5.97. The first-order valence-corrected chi connectivity index (χ1v) is 9.26. The molecule has 0 saturated carbocycles. The van der Waals surface area contributed by atoms with Gasteiger partial charge in [0.25, 0.3) is 0 Å².